The Morgan fingerprint density at radius 1 is 1.34 bits per heavy atom. The molecule has 10 heteroatoms. The van der Waals surface area contributed by atoms with Crippen LogP contribution in [0.5, 0.6) is 6.01 Å². The van der Waals surface area contributed by atoms with Crippen LogP contribution in [0, 0.1) is 5.92 Å². The number of carbonyl (C=O) groups is 1. The normalized spacial score (nSPS) is 16.3. The molecule has 0 aliphatic carbocycles. The van der Waals surface area contributed by atoms with Crippen molar-refractivity contribution in [3.63, 3.8) is 0 Å². The van der Waals surface area contributed by atoms with Crippen LogP contribution in [-0.4, -0.2) is 42.0 Å². The van der Waals surface area contributed by atoms with Gasteiger partial charge in [0.15, 0.2) is 0 Å². The van der Waals surface area contributed by atoms with Gasteiger partial charge in [-0.2, -0.15) is 9.97 Å². The van der Waals surface area contributed by atoms with Crippen LogP contribution in [0.4, 0.5) is 16.4 Å². The largest absolute Gasteiger partial charge is 0.412 e. The first kappa shape index (κ1) is 21.1. The summed E-state index contributed by atoms with van der Waals surface area (Å²) in [4.78, 5) is 32.5. The first-order valence-corrected chi connectivity index (χ1v) is 9.87. The van der Waals surface area contributed by atoms with E-state index in [-0.39, 0.29) is 11.9 Å². The van der Waals surface area contributed by atoms with Crippen LogP contribution in [0.15, 0.2) is 24.3 Å². The van der Waals surface area contributed by atoms with Gasteiger partial charge < -0.3 is 20.7 Å². The topological polar surface area (TPSA) is 110 Å². The number of nitrogens with one attached hydrogen (secondary N) is 1. The second kappa shape index (κ2) is 9.76. The van der Waals surface area contributed by atoms with E-state index in [1.807, 2.05) is 17.3 Å². The van der Waals surface area contributed by atoms with Crippen LogP contribution in [-0.2, 0) is 11.2 Å². The number of nitrogens with two attached hydrogens (primary N) is 1. The molecule has 1 aromatic heterocycles. The van der Waals surface area contributed by atoms with E-state index in [2.05, 4.69) is 15.3 Å². The number of nitrogens with zero attached hydrogens (tertiary/aromatic N) is 3. The molecule has 1 radical (unpaired) electrons. The van der Waals surface area contributed by atoms with Gasteiger partial charge in [-0.3, -0.25) is 4.79 Å². The third kappa shape index (κ3) is 5.95. The van der Waals surface area contributed by atoms with Crippen molar-refractivity contribution in [2.45, 2.75) is 19.3 Å². The molecule has 1 amide bonds. The Morgan fingerprint density at radius 3 is 2.90 bits per heavy atom. The molecule has 29 heavy (non-hydrogen) atoms. The smallest absolute Gasteiger partial charge is 0.374 e. The number of ether oxygens (including phenoxy) is 1. The number of halogens is 2. The number of benzene rings is 1. The Balaban J connectivity index is 1.74. The molecule has 1 aromatic carbocycles. The van der Waals surface area contributed by atoms with Gasteiger partial charge in [-0.15, -0.1) is 0 Å². The van der Waals surface area contributed by atoms with Gasteiger partial charge in [-0.25, -0.2) is 4.79 Å². The number of primary amides is 1. The monoisotopic (exact) mass is 436 g/mol. The number of piperidine rings is 1. The van der Waals surface area contributed by atoms with Crippen LogP contribution in [0.2, 0.25) is 10.0 Å². The highest BCUT2D eigenvalue weighted by atomic mass is 35.5. The van der Waals surface area contributed by atoms with Gasteiger partial charge >= 0.3 is 12.1 Å². The summed E-state index contributed by atoms with van der Waals surface area (Å²) in [5.74, 6) is 0.833. The highest BCUT2D eigenvalue weighted by molar-refractivity contribution is 6.35. The van der Waals surface area contributed by atoms with Crippen molar-refractivity contribution in [1.82, 2.24) is 9.97 Å². The molecule has 0 spiro atoms. The summed E-state index contributed by atoms with van der Waals surface area (Å²) < 4.78 is 4.87. The number of aromatic nitrogens is 2. The molecule has 8 nitrogen and oxygen atoms in total. The summed E-state index contributed by atoms with van der Waals surface area (Å²) in [6.07, 6.45) is 3.32. The summed E-state index contributed by atoms with van der Waals surface area (Å²) >= 11 is 12.1. The van der Waals surface area contributed by atoms with Crippen LogP contribution < -0.4 is 20.7 Å². The maximum absolute atomic E-state index is 11.1. The molecule has 153 valence electrons. The second-order valence-electron chi connectivity index (χ2n) is 6.63. The van der Waals surface area contributed by atoms with Crippen LogP contribution >= 0.6 is 23.2 Å². The van der Waals surface area contributed by atoms with Gasteiger partial charge in [0.05, 0.1) is 0 Å². The van der Waals surface area contributed by atoms with Crippen LogP contribution in [0.25, 0.3) is 0 Å². The lowest BCUT2D eigenvalue weighted by Gasteiger charge is -2.31. The Hall–Kier alpha value is -2.58. The van der Waals surface area contributed by atoms with E-state index < -0.39 is 6.09 Å². The van der Waals surface area contributed by atoms with Crippen molar-refractivity contribution in [1.29, 1.82) is 0 Å². The molecule has 0 saturated carbocycles. The second-order valence-corrected chi connectivity index (χ2v) is 7.47. The average Bonchev–Trinajstić information content (AvgIpc) is 2.69. The van der Waals surface area contributed by atoms with Gasteiger partial charge in [0.1, 0.15) is 11.6 Å². The highest BCUT2D eigenvalue weighted by Gasteiger charge is 2.22. The van der Waals surface area contributed by atoms with Crippen molar-refractivity contribution >= 4 is 47.2 Å². The van der Waals surface area contributed by atoms with E-state index in [0.717, 1.165) is 24.9 Å². The average molecular weight is 437 g/mol. The SMILES string of the molecule is NC(=O)Oc1nc(NCCc2ccc(Cl)cc2Cl)cc(N2CCCC([C]=O)C2)n1. The molecule has 2 heterocycles. The Bertz CT molecular complexity index is 896. The lowest BCUT2D eigenvalue weighted by molar-refractivity contribution is 0.207. The fourth-order valence-electron chi connectivity index (χ4n) is 3.13. The lowest BCUT2D eigenvalue weighted by atomic mass is 10.00. The van der Waals surface area contributed by atoms with Crippen molar-refractivity contribution in [3.05, 3.63) is 39.9 Å². The summed E-state index contributed by atoms with van der Waals surface area (Å²) in [5.41, 5.74) is 6.04. The molecular weight excluding hydrogens is 417 g/mol. The maximum Gasteiger partial charge on any atom is 0.412 e. The molecule has 1 fully saturated rings. The molecule has 1 atom stereocenters. The highest BCUT2D eigenvalue weighted by Crippen LogP contribution is 2.25. The predicted molar refractivity (Wildman–Crippen MR) is 112 cm³/mol. The van der Waals surface area contributed by atoms with E-state index in [4.69, 9.17) is 33.7 Å². The fourth-order valence-corrected chi connectivity index (χ4v) is 3.64. The van der Waals surface area contributed by atoms with Crippen LogP contribution in [0.3, 0.4) is 0 Å². The van der Waals surface area contributed by atoms with Crippen molar-refractivity contribution < 1.29 is 14.3 Å². The first-order chi connectivity index (χ1) is 13.9. The number of carbonyl (C=O) groups excluding carboxylic acids is 2. The molecule has 2 aromatic rings. The quantitative estimate of drug-likeness (QED) is 0.684. The summed E-state index contributed by atoms with van der Waals surface area (Å²) in [5, 5.41) is 4.34. The number of rotatable bonds is 7. The number of amides is 1. The Kier molecular flexibility index (Phi) is 7.11. The zero-order valence-electron chi connectivity index (χ0n) is 15.5. The van der Waals surface area contributed by atoms with Gasteiger partial charge in [-0.05, 0) is 37.0 Å². The molecule has 0 bridgehead atoms. The Morgan fingerprint density at radius 2 is 2.17 bits per heavy atom. The van der Waals surface area contributed by atoms with E-state index in [9.17, 15) is 9.59 Å². The molecule has 1 unspecified atom stereocenters. The van der Waals surface area contributed by atoms with Crippen molar-refractivity contribution in [3.8, 4) is 6.01 Å². The predicted octanol–water partition coefficient (Wildman–Crippen LogP) is 3.22. The molecular formula is C19H20Cl2N5O3. The Labute approximate surface area is 178 Å². The van der Waals surface area contributed by atoms with Gasteiger partial charge in [-0.1, -0.05) is 29.3 Å². The van der Waals surface area contributed by atoms with E-state index in [1.54, 1.807) is 18.2 Å². The zero-order chi connectivity index (χ0) is 20.8. The van der Waals surface area contributed by atoms with E-state index in [0.29, 0.717) is 41.2 Å². The summed E-state index contributed by atoms with van der Waals surface area (Å²) in [6.45, 7) is 1.75. The fraction of sp³-hybridized carbons (Fsp3) is 0.368. The molecule has 1 aliphatic heterocycles. The standard InChI is InChI=1S/C19H20Cl2N5O3/c20-14-4-3-13(15(21)8-14)5-6-23-16-9-17(25-19(24-16)29-18(22)28)26-7-1-2-12(10-26)11-27/h3-4,8-9,12H,1-2,5-7,10H2,(H2,22,28)(H,23,24,25). The number of anilines is 2. The number of hydrogen-bond acceptors (Lipinski definition) is 7. The van der Waals surface area contributed by atoms with Crippen molar-refractivity contribution in [2.24, 2.45) is 11.7 Å². The van der Waals surface area contributed by atoms with Crippen molar-refractivity contribution in [2.75, 3.05) is 29.9 Å². The summed E-state index contributed by atoms with van der Waals surface area (Å²) in [6, 6.07) is 6.92. The van der Waals surface area contributed by atoms with E-state index in [1.165, 1.54) is 0 Å². The third-order valence-electron chi connectivity index (χ3n) is 4.51. The summed E-state index contributed by atoms with van der Waals surface area (Å²) in [7, 11) is 0. The minimum Gasteiger partial charge on any atom is -0.374 e. The van der Waals surface area contributed by atoms with Gasteiger partial charge in [0.25, 0.3) is 0 Å². The molecule has 3 N–H and O–H groups in total. The van der Waals surface area contributed by atoms with E-state index >= 15 is 0 Å². The third-order valence-corrected chi connectivity index (χ3v) is 5.10. The molecule has 1 saturated heterocycles. The number of hydrogen-bond donors (Lipinski definition) is 2. The minimum atomic E-state index is -1.00. The van der Waals surface area contributed by atoms with Crippen LogP contribution in [0.1, 0.15) is 18.4 Å². The van der Waals surface area contributed by atoms with Gasteiger partial charge in [0.2, 0.25) is 6.29 Å². The minimum absolute atomic E-state index is 0.153. The zero-order valence-corrected chi connectivity index (χ0v) is 17.0. The molecule has 3 rings (SSSR count). The first-order valence-electron chi connectivity index (χ1n) is 9.11. The van der Waals surface area contributed by atoms with Gasteiger partial charge in [0, 0.05) is 41.7 Å². The maximum atomic E-state index is 11.1. The molecule has 1 aliphatic rings. The lowest BCUT2D eigenvalue weighted by Crippen LogP contribution is -2.36.